The fourth-order valence-corrected chi connectivity index (χ4v) is 3.92. The maximum Gasteiger partial charge on any atom is 0.329 e. The number of hydrogen-bond donors (Lipinski definition) is 1. The van der Waals surface area contributed by atoms with Gasteiger partial charge in [0.25, 0.3) is 0 Å². The van der Waals surface area contributed by atoms with E-state index in [4.69, 9.17) is 9.05 Å². The van der Waals surface area contributed by atoms with E-state index in [1.54, 1.807) is 0 Å². The van der Waals surface area contributed by atoms with Crippen molar-refractivity contribution in [2.45, 2.75) is 26.2 Å². The van der Waals surface area contributed by atoms with Gasteiger partial charge in [-0.2, -0.15) is 0 Å². The fourth-order valence-electron chi connectivity index (χ4n) is 2.56. The molecule has 4 heteroatoms. The van der Waals surface area contributed by atoms with E-state index in [0.717, 1.165) is 5.56 Å². The standard InChI is InChI=1S/C22H23O3P/c1-22(2,3)19-15-10-16-20(21(19)23)26(24-17-11-6-4-7-12-17)25-18-13-8-5-9-14-18/h4-16,23H,1-3H3. The number of hydrogen-bond acceptors (Lipinski definition) is 3. The highest BCUT2D eigenvalue weighted by atomic mass is 31.2. The quantitative estimate of drug-likeness (QED) is 0.581. The van der Waals surface area contributed by atoms with E-state index in [0.29, 0.717) is 16.8 Å². The van der Waals surface area contributed by atoms with Gasteiger partial charge >= 0.3 is 8.38 Å². The van der Waals surface area contributed by atoms with Gasteiger partial charge < -0.3 is 14.2 Å². The molecule has 0 aliphatic rings. The van der Waals surface area contributed by atoms with E-state index in [1.165, 1.54) is 0 Å². The molecule has 0 spiro atoms. The minimum atomic E-state index is -1.54. The predicted octanol–water partition coefficient (Wildman–Crippen LogP) is 5.78. The summed E-state index contributed by atoms with van der Waals surface area (Å²) in [6.45, 7) is 6.22. The minimum Gasteiger partial charge on any atom is -0.507 e. The zero-order valence-electron chi connectivity index (χ0n) is 15.2. The van der Waals surface area contributed by atoms with E-state index < -0.39 is 8.38 Å². The molecule has 0 fully saturated rings. The average Bonchev–Trinajstić information content (AvgIpc) is 2.62. The first-order valence-corrected chi connectivity index (χ1v) is 9.71. The summed E-state index contributed by atoms with van der Waals surface area (Å²) in [6.07, 6.45) is 0. The van der Waals surface area contributed by atoms with Crippen molar-refractivity contribution < 1.29 is 14.2 Å². The van der Waals surface area contributed by atoms with E-state index in [9.17, 15) is 5.11 Å². The lowest BCUT2D eigenvalue weighted by Crippen LogP contribution is -2.17. The largest absolute Gasteiger partial charge is 0.507 e. The van der Waals surface area contributed by atoms with Crippen molar-refractivity contribution in [3.05, 3.63) is 84.4 Å². The van der Waals surface area contributed by atoms with Crippen LogP contribution in [-0.4, -0.2) is 5.11 Å². The summed E-state index contributed by atoms with van der Waals surface area (Å²) in [7, 11) is -1.54. The molecule has 0 unspecified atom stereocenters. The zero-order valence-corrected chi connectivity index (χ0v) is 16.1. The van der Waals surface area contributed by atoms with Crippen molar-refractivity contribution in [1.82, 2.24) is 0 Å². The Morgan fingerprint density at radius 2 is 1.19 bits per heavy atom. The molecular weight excluding hydrogens is 343 g/mol. The molecule has 1 N–H and O–H groups in total. The molecule has 134 valence electrons. The van der Waals surface area contributed by atoms with Crippen LogP contribution in [0.3, 0.4) is 0 Å². The van der Waals surface area contributed by atoms with Gasteiger partial charge in [0.2, 0.25) is 0 Å². The van der Waals surface area contributed by atoms with Gasteiger partial charge in [0, 0.05) is 5.56 Å². The van der Waals surface area contributed by atoms with E-state index in [1.807, 2.05) is 78.9 Å². The normalized spacial score (nSPS) is 11.4. The molecule has 0 aliphatic carbocycles. The highest BCUT2D eigenvalue weighted by Crippen LogP contribution is 2.44. The number of benzene rings is 3. The van der Waals surface area contributed by atoms with Crippen molar-refractivity contribution in [2.24, 2.45) is 0 Å². The molecule has 3 nitrogen and oxygen atoms in total. The predicted molar refractivity (Wildman–Crippen MR) is 108 cm³/mol. The second-order valence-corrected chi connectivity index (χ2v) is 8.35. The lowest BCUT2D eigenvalue weighted by Gasteiger charge is -2.24. The SMILES string of the molecule is CC(C)(C)c1cccc(P(Oc2ccccc2)Oc2ccccc2)c1O. The van der Waals surface area contributed by atoms with Crippen LogP contribution in [0.25, 0.3) is 0 Å². The third-order valence-electron chi connectivity index (χ3n) is 3.88. The Bertz CT molecular complexity index is 801. The molecule has 0 bridgehead atoms. The van der Waals surface area contributed by atoms with Gasteiger partial charge in [-0.1, -0.05) is 69.3 Å². The van der Waals surface area contributed by atoms with Crippen LogP contribution in [0.5, 0.6) is 17.2 Å². The van der Waals surface area contributed by atoms with Gasteiger partial charge in [-0.3, -0.25) is 0 Å². The van der Waals surface area contributed by atoms with Gasteiger partial charge in [-0.15, -0.1) is 0 Å². The third-order valence-corrected chi connectivity index (χ3v) is 5.39. The van der Waals surface area contributed by atoms with Crippen LogP contribution in [0, 0.1) is 0 Å². The first-order chi connectivity index (χ1) is 12.4. The smallest absolute Gasteiger partial charge is 0.329 e. The van der Waals surface area contributed by atoms with Crippen LogP contribution in [0.1, 0.15) is 26.3 Å². The Kier molecular flexibility index (Phi) is 5.49. The number of phenolic OH excluding ortho intramolecular Hbond substituents is 1. The van der Waals surface area contributed by atoms with Crippen LogP contribution in [-0.2, 0) is 5.41 Å². The van der Waals surface area contributed by atoms with Crippen LogP contribution in [0.15, 0.2) is 78.9 Å². The summed E-state index contributed by atoms with van der Waals surface area (Å²) < 4.78 is 12.3. The first kappa shape index (κ1) is 18.3. The molecule has 0 aliphatic heterocycles. The van der Waals surface area contributed by atoms with E-state index in [-0.39, 0.29) is 11.2 Å². The van der Waals surface area contributed by atoms with Gasteiger partial charge in [0.15, 0.2) is 0 Å². The molecule has 3 aromatic carbocycles. The number of aromatic hydroxyl groups is 1. The molecular formula is C22H23O3P. The highest BCUT2D eigenvalue weighted by molar-refractivity contribution is 7.57. The van der Waals surface area contributed by atoms with Gasteiger partial charge in [0.05, 0.1) is 5.30 Å². The molecule has 0 heterocycles. The molecule has 0 radical (unpaired) electrons. The summed E-state index contributed by atoms with van der Waals surface area (Å²) in [4.78, 5) is 0. The highest BCUT2D eigenvalue weighted by Gasteiger charge is 2.27. The fraction of sp³-hybridized carbons (Fsp3) is 0.182. The number of rotatable bonds is 5. The number of para-hydroxylation sites is 3. The summed E-state index contributed by atoms with van der Waals surface area (Å²) in [5, 5.41) is 11.6. The monoisotopic (exact) mass is 366 g/mol. The second kappa shape index (κ2) is 7.80. The van der Waals surface area contributed by atoms with Crippen LogP contribution in [0.4, 0.5) is 0 Å². The molecule has 0 saturated carbocycles. The molecule has 0 amide bonds. The van der Waals surface area contributed by atoms with Crippen molar-refractivity contribution in [1.29, 1.82) is 0 Å². The molecule has 0 aromatic heterocycles. The van der Waals surface area contributed by atoms with Crippen molar-refractivity contribution in [3.63, 3.8) is 0 Å². The Hall–Kier alpha value is -2.51. The molecule has 3 rings (SSSR count). The lowest BCUT2D eigenvalue weighted by atomic mass is 9.86. The Labute approximate surface area is 156 Å². The maximum absolute atomic E-state index is 10.9. The minimum absolute atomic E-state index is 0.180. The van der Waals surface area contributed by atoms with Gasteiger partial charge in [-0.05, 0) is 35.7 Å². The van der Waals surface area contributed by atoms with Gasteiger partial charge in [0.1, 0.15) is 17.2 Å². The summed E-state index contributed by atoms with van der Waals surface area (Å²) in [5.74, 6) is 1.64. The van der Waals surface area contributed by atoms with Crippen molar-refractivity contribution in [2.75, 3.05) is 0 Å². The second-order valence-electron chi connectivity index (χ2n) is 6.99. The summed E-state index contributed by atoms with van der Waals surface area (Å²) in [5.41, 5.74) is 0.691. The van der Waals surface area contributed by atoms with Crippen molar-refractivity contribution >= 4 is 13.7 Å². The molecule has 3 aromatic rings. The first-order valence-electron chi connectivity index (χ1n) is 8.54. The molecule has 26 heavy (non-hydrogen) atoms. The van der Waals surface area contributed by atoms with Gasteiger partial charge in [-0.25, -0.2) is 0 Å². The van der Waals surface area contributed by atoms with Crippen LogP contribution >= 0.6 is 8.38 Å². The summed E-state index contributed by atoms with van der Waals surface area (Å²) >= 11 is 0. The average molecular weight is 366 g/mol. The molecule has 0 atom stereocenters. The Morgan fingerprint density at radius 3 is 1.65 bits per heavy atom. The molecule has 0 saturated heterocycles. The Morgan fingerprint density at radius 1 is 0.692 bits per heavy atom. The maximum atomic E-state index is 10.9. The van der Waals surface area contributed by atoms with E-state index in [2.05, 4.69) is 20.8 Å². The van der Waals surface area contributed by atoms with E-state index >= 15 is 0 Å². The lowest BCUT2D eigenvalue weighted by molar-refractivity contribution is 0.447. The zero-order chi connectivity index (χ0) is 18.6. The topological polar surface area (TPSA) is 38.7 Å². The van der Waals surface area contributed by atoms with Crippen LogP contribution < -0.4 is 14.4 Å². The summed E-state index contributed by atoms with van der Waals surface area (Å²) in [6, 6.07) is 24.8. The number of phenols is 1. The third kappa shape index (κ3) is 4.36. The van der Waals surface area contributed by atoms with Crippen LogP contribution in [0.2, 0.25) is 0 Å². The van der Waals surface area contributed by atoms with Crippen molar-refractivity contribution in [3.8, 4) is 17.2 Å². The Balaban J connectivity index is 2.00.